The standard InChI is InChI=1S/C18H13FO4/c1-10(2)17-16(20)13-8-7-11(9-15(13)23-17)22-18(21)12-5-3-4-6-14(12)19/h3-9H,1-2H3. The smallest absolute Gasteiger partial charge is 0.346 e. The van der Waals surface area contributed by atoms with Crippen LogP contribution in [-0.4, -0.2) is 11.8 Å². The average Bonchev–Trinajstić information content (AvgIpc) is 2.84. The average molecular weight is 312 g/mol. The van der Waals surface area contributed by atoms with Crippen LogP contribution in [0.15, 0.2) is 53.8 Å². The Labute approximate surface area is 132 Å². The van der Waals surface area contributed by atoms with Crippen molar-refractivity contribution >= 4 is 11.8 Å². The summed E-state index contributed by atoms with van der Waals surface area (Å²) >= 11 is 0. The lowest BCUT2D eigenvalue weighted by atomic mass is 10.1. The van der Waals surface area contributed by atoms with E-state index in [1.807, 2.05) is 0 Å². The molecule has 0 fully saturated rings. The van der Waals surface area contributed by atoms with Gasteiger partial charge in [-0.25, -0.2) is 9.18 Å². The Morgan fingerprint density at radius 2 is 1.87 bits per heavy atom. The van der Waals surface area contributed by atoms with E-state index in [1.165, 1.54) is 36.4 Å². The van der Waals surface area contributed by atoms with Gasteiger partial charge in [-0.3, -0.25) is 4.79 Å². The fraction of sp³-hybridized carbons (Fsp3) is 0.111. The van der Waals surface area contributed by atoms with E-state index in [2.05, 4.69) is 0 Å². The summed E-state index contributed by atoms with van der Waals surface area (Å²) in [5.41, 5.74) is 1.01. The van der Waals surface area contributed by atoms with Crippen molar-refractivity contribution in [1.82, 2.24) is 0 Å². The molecule has 116 valence electrons. The van der Waals surface area contributed by atoms with Crippen LogP contribution in [0.4, 0.5) is 4.39 Å². The number of carbonyl (C=O) groups excluding carboxylic acids is 2. The lowest BCUT2D eigenvalue weighted by Crippen LogP contribution is -2.10. The molecule has 0 spiro atoms. The van der Waals surface area contributed by atoms with Gasteiger partial charge in [-0.05, 0) is 43.7 Å². The molecular formula is C18H13FO4. The van der Waals surface area contributed by atoms with Crippen molar-refractivity contribution < 1.29 is 23.5 Å². The Bertz CT molecular complexity index is 848. The minimum absolute atomic E-state index is 0.157. The van der Waals surface area contributed by atoms with Gasteiger partial charge in [-0.1, -0.05) is 12.1 Å². The number of benzene rings is 2. The van der Waals surface area contributed by atoms with Crippen molar-refractivity contribution in [3.05, 3.63) is 70.7 Å². The van der Waals surface area contributed by atoms with Crippen molar-refractivity contribution in [2.75, 3.05) is 0 Å². The van der Waals surface area contributed by atoms with E-state index in [0.29, 0.717) is 11.3 Å². The molecule has 0 aliphatic carbocycles. The van der Waals surface area contributed by atoms with Gasteiger partial charge in [-0.2, -0.15) is 0 Å². The zero-order valence-corrected chi connectivity index (χ0v) is 12.6. The molecule has 0 aromatic heterocycles. The molecule has 2 aromatic rings. The van der Waals surface area contributed by atoms with Crippen molar-refractivity contribution in [1.29, 1.82) is 0 Å². The third-order valence-electron chi connectivity index (χ3n) is 3.37. The van der Waals surface area contributed by atoms with Crippen molar-refractivity contribution in [2.45, 2.75) is 13.8 Å². The SMILES string of the molecule is CC(C)=C1Oc2cc(OC(=O)c3ccccc3F)ccc2C1=O. The van der Waals surface area contributed by atoms with Crippen LogP contribution < -0.4 is 9.47 Å². The minimum Gasteiger partial charge on any atom is -0.452 e. The molecule has 1 aliphatic heterocycles. The van der Waals surface area contributed by atoms with Crippen molar-refractivity contribution in [2.24, 2.45) is 0 Å². The second-order valence-corrected chi connectivity index (χ2v) is 5.29. The maximum absolute atomic E-state index is 13.6. The maximum atomic E-state index is 13.6. The summed E-state index contributed by atoms with van der Waals surface area (Å²) < 4.78 is 24.2. The van der Waals surface area contributed by atoms with Gasteiger partial charge in [0.1, 0.15) is 17.3 Å². The molecule has 0 amide bonds. The number of rotatable bonds is 2. The number of ketones is 1. The van der Waals surface area contributed by atoms with Gasteiger partial charge in [0.25, 0.3) is 0 Å². The first kappa shape index (κ1) is 15.0. The summed E-state index contributed by atoms with van der Waals surface area (Å²) in [6.45, 7) is 3.55. The van der Waals surface area contributed by atoms with E-state index in [9.17, 15) is 14.0 Å². The van der Waals surface area contributed by atoms with E-state index in [-0.39, 0.29) is 22.9 Å². The summed E-state index contributed by atoms with van der Waals surface area (Å²) in [6.07, 6.45) is 0. The number of carbonyl (C=O) groups is 2. The van der Waals surface area contributed by atoms with E-state index >= 15 is 0 Å². The van der Waals surface area contributed by atoms with Crippen LogP contribution in [0.2, 0.25) is 0 Å². The lowest BCUT2D eigenvalue weighted by Gasteiger charge is -2.06. The molecule has 0 unspecified atom stereocenters. The van der Waals surface area contributed by atoms with Crippen LogP contribution in [0.3, 0.4) is 0 Å². The molecule has 0 atom stereocenters. The highest BCUT2D eigenvalue weighted by Gasteiger charge is 2.28. The molecule has 0 radical (unpaired) electrons. The fourth-order valence-corrected chi connectivity index (χ4v) is 2.23. The Morgan fingerprint density at radius 3 is 2.57 bits per heavy atom. The number of hydrogen-bond acceptors (Lipinski definition) is 4. The highest BCUT2D eigenvalue weighted by atomic mass is 19.1. The Kier molecular flexibility index (Phi) is 3.70. The monoisotopic (exact) mass is 312 g/mol. The predicted octanol–water partition coefficient (Wildman–Crippen LogP) is 3.91. The predicted molar refractivity (Wildman–Crippen MR) is 81.1 cm³/mol. The number of allylic oxidation sites excluding steroid dienone is 2. The molecule has 2 aromatic carbocycles. The van der Waals surface area contributed by atoms with Crippen molar-refractivity contribution in [3.8, 4) is 11.5 Å². The highest BCUT2D eigenvalue weighted by Crippen LogP contribution is 2.35. The maximum Gasteiger partial charge on any atom is 0.346 e. The number of Topliss-reactive ketones (excluding diaryl/α,β-unsaturated/α-hetero) is 1. The number of fused-ring (bicyclic) bond motifs is 1. The molecule has 0 N–H and O–H groups in total. The molecular weight excluding hydrogens is 299 g/mol. The third-order valence-corrected chi connectivity index (χ3v) is 3.37. The summed E-state index contributed by atoms with van der Waals surface area (Å²) in [5.74, 6) is -0.888. The molecule has 23 heavy (non-hydrogen) atoms. The summed E-state index contributed by atoms with van der Waals surface area (Å²) in [6, 6.07) is 10.0. The minimum atomic E-state index is -0.810. The van der Waals surface area contributed by atoms with Crippen LogP contribution >= 0.6 is 0 Å². The van der Waals surface area contributed by atoms with Crippen molar-refractivity contribution in [3.63, 3.8) is 0 Å². The van der Waals surface area contributed by atoms with Crippen LogP contribution in [0, 0.1) is 5.82 Å². The van der Waals surface area contributed by atoms with Gasteiger partial charge in [0, 0.05) is 6.07 Å². The first-order valence-electron chi connectivity index (χ1n) is 6.98. The number of halogens is 1. The second-order valence-electron chi connectivity index (χ2n) is 5.29. The molecule has 1 heterocycles. The van der Waals surface area contributed by atoms with Crippen LogP contribution in [0.25, 0.3) is 0 Å². The summed E-state index contributed by atoms with van der Waals surface area (Å²) in [5, 5.41) is 0. The first-order valence-corrected chi connectivity index (χ1v) is 6.98. The summed E-state index contributed by atoms with van der Waals surface area (Å²) in [7, 11) is 0. The normalized spacial score (nSPS) is 12.7. The highest BCUT2D eigenvalue weighted by molar-refractivity contribution is 6.12. The van der Waals surface area contributed by atoms with Gasteiger partial charge in [0.05, 0.1) is 11.1 Å². The summed E-state index contributed by atoms with van der Waals surface area (Å²) in [4.78, 5) is 24.1. The van der Waals surface area contributed by atoms with E-state index in [1.54, 1.807) is 19.9 Å². The Hall–Kier alpha value is -2.95. The van der Waals surface area contributed by atoms with Crippen LogP contribution in [0.5, 0.6) is 11.5 Å². The topological polar surface area (TPSA) is 52.6 Å². The van der Waals surface area contributed by atoms with Gasteiger partial charge in [0.15, 0.2) is 5.76 Å². The second kappa shape index (κ2) is 5.68. The zero-order valence-electron chi connectivity index (χ0n) is 12.6. The number of hydrogen-bond donors (Lipinski definition) is 0. The fourth-order valence-electron chi connectivity index (χ4n) is 2.23. The van der Waals surface area contributed by atoms with Gasteiger partial charge < -0.3 is 9.47 Å². The van der Waals surface area contributed by atoms with Crippen LogP contribution in [0.1, 0.15) is 34.6 Å². The molecule has 1 aliphatic rings. The lowest BCUT2D eigenvalue weighted by molar-refractivity contribution is 0.0729. The van der Waals surface area contributed by atoms with Gasteiger partial charge in [-0.15, -0.1) is 0 Å². The Morgan fingerprint density at radius 1 is 1.13 bits per heavy atom. The zero-order chi connectivity index (χ0) is 16.6. The van der Waals surface area contributed by atoms with Gasteiger partial charge in [0.2, 0.25) is 5.78 Å². The van der Waals surface area contributed by atoms with E-state index < -0.39 is 11.8 Å². The number of ether oxygens (including phenoxy) is 2. The first-order chi connectivity index (χ1) is 11.0. The molecule has 4 nitrogen and oxygen atoms in total. The molecule has 0 saturated carbocycles. The third kappa shape index (κ3) is 2.73. The molecule has 3 rings (SSSR count). The van der Waals surface area contributed by atoms with E-state index in [4.69, 9.17) is 9.47 Å². The molecule has 0 saturated heterocycles. The van der Waals surface area contributed by atoms with E-state index in [0.717, 1.165) is 5.57 Å². The molecule has 0 bridgehead atoms. The van der Waals surface area contributed by atoms with Crippen LogP contribution in [-0.2, 0) is 0 Å². The Balaban J connectivity index is 1.87. The van der Waals surface area contributed by atoms with Gasteiger partial charge >= 0.3 is 5.97 Å². The molecule has 5 heteroatoms. The number of esters is 1. The largest absolute Gasteiger partial charge is 0.452 e. The quantitative estimate of drug-likeness (QED) is 0.479.